The summed E-state index contributed by atoms with van der Waals surface area (Å²) >= 11 is 5.14. The van der Waals surface area contributed by atoms with Crippen molar-refractivity contribution in [2.24, 2.45) is 0 Å². The highest BCUT2D eigenvalue weighted by atomic mass is 79.9. The van der Waals surface area contributed by atoms with Gasteiger partial charge in [-0.15, -0.1) is 11.3 Å². The molecule has 0 saturated carbocycles. The molecular weight excluding hydrogens is 402 g/mol. The number of thiophene rings is 1. The zero-order valence-electron chi connectivity index (χ0n) is 13.6. The zero-order valence-corrected chi connectivity index (χ0v) is 16.0. The highest BCUT2D eigenvalue weighted by Gasteiger charge is 2.26. The Labute approximate surface area is 158 Å². The average Bonchev–Trinajstić information content (AvgIpc) is 3.35. The molecule has 1 aromatic carbocycles. The van der Waals surface area contributed by atoms with Gasteiger partial charge in [0, 0.05) is 23.4 Å². The molecule has 3 heterocycles. The van der Waals surface area contributed by atoms with Crippen LogP contribution in [0.3, 0.4) is 0 Å². The van der Waals surface area contributed by atoms with Crippen molar-refractivity contribution in [3.05, 3.63) is 56.9 Å². The highest BCUT2D eigenvalue weighted by molar-refractivity contribution is 9.10. The summed E-state index contributed by atoms with van der Waals surface area (Å²) in [4.78, 5) is 16.1. The fraction of sp³-hybridized carbons (Fsp3) is 0.316. The van der Waals surface area contributed by atoms with Gasteiger partial charge in [-0.3, -0.25) is 4.79 Å². The van der Waals surface area contributed by atoms with Gasteiger partial charge >= 0.3 is 0 Å². The highest BCUT2D eigenvalue weighted by Crippen LogP contribution is 2.28. The Morgan fingerprint density at radius 2 is 2.24 bits per heavy atom. The van der Waals surface area contributed by atoms with E-state index < -0.39 is 0 Å². The molecule has 3 aromatic rings. The number of amides is 1. The van der Waals surface area contributed by atoms with E-state index in [0.717, 1.165) is 34.2 Å². The number of fused-ring (bicyclic) bond motifs is 1. The number of benzene rings is 1. The summed E-state index contributed by atoms with van der Waals surface area (Å²) in [5.41, 5.74) is 0.707. The maximum atomic E-state index is 13.1. The zero-order chi connectivity index (χ0) is 17.2. The molecule has 1 unspecified atom stereocenters. The summed E-state index contributed by atoms with van der Waals surface area (Å²) < 4.78 is 12.4. The van der Waals surface area contributed by atoms with Crippen LogP contribution >= 0.6 is 27.3 Å². The van der Waals surface area contributed by atoms with Crippen molar-refractivity contribution in [3.8, 4) is 0 Å². The van der Waals surface area contributed by atoms with Crippen molar-refractivity contribution >= 4 is 44.1 Å². The van der Waals surface area contributed by atoms with Crippen molar-refractivity contribution in [2.45, 2.75) is 25.5 Å². The van der Waals surface area contributed by atoms with Crippen LogP contribution < -0.4 is 0 Å². The molecule has 0 N–H and O–H groups in total. The first-order chi connectivity index (χ1) is 12.2. The maximum Gasteiger partial charge on any atom is 0.290 e. The first kappa shape index (κ1) is 16.8. The largest absolute Gasteiger partial charge is 0.450 e. The molecule has 1 aliphatic heterocycles. The summed E-state index contributed by atoms with van der Waals surface area (Å²) in [6.45, 7) is 1.95. The minimum Gasteiger partial charge on any atom is -0.450 e. The van der Waals surface area contributed by atoms with Crippen LogP contribution in [0.2, 0.25) is 0 Å². The summed E-state index contributed by atoms with van der Waals surface area (Å²) in [6.07, 6.45) is 2.17. The van der Waals surface area contributed by atoms with Gasteiger partial charge in [0.1, 0.15) is 5.58 Å². The van der Waals surface area contributed by atoms with E-state index in [4.69, 9.17) is 9.15 Å². The third-order valence-corrected chi connectivity index (χ3v) is 5.85. The van der Waals surface area contributed by atoms with E-state index in [1.807, 2.05) is 40.6 Å². The lowest BCUT2D eigenvalue weighted by atomic mass is 10.2. The Morgan fingerprint density at radius 3 is 2.96 bits per heavy atom. The second-order valence-electron chi connectivity index (χ2n) is 6.17. The number of halogens is 1. The molecule has 6 heteroatoms. The Balaban J connectivity index is 1.61. The smallest absolute Gasteiger partial charge is 0.290 e. The average molecular weight is 420 g/mol. The molecule has 4 nitrogen and oxygen atoms in total. The lowest BCUT2D eigenvalue weighted by Gasteiger charge is -2.24. The van der Waals surface area contributed by atoms with Gasteiger partial charge in [-0.1, -0.05) is 18.2 Å². The molecule has 0 aliphatic carbocycles. The molecule has 130 valence electrons. The van der Waals surface area contributed by atoms with E-state index in [1.54, 1.807) is 11.3 Å². The van der Waals surface area contributed by atoms with Crippen molar-refractivity contribution in [2.75, 3.05) is 13.2 Å². The second-order valence-corrected chi connectivity index (χ2v) is 8.06. The quantitative estimate of drug-likeness (QED) is 0.578. The predicted molar refractivity (Wildman–Crippen MR) is 102 cm³/mol. The van der Waals surface area contributed by atoms with Crippen molar-refractivity contribution < 1.29 is 13.9 Å². The lowest BCUT2D eigenvalue weighted by molar-refractivity contribution is 0.0488. The van der Waals surface area contributed by atoms with E-state index in [9.17, 15) is 4.79 Å². The summed E-state index contributed by atoms with van der Waals surface area (Å²) in [6, 6.07) is 11.7. The molecule has 1 saturated heterocycles. The molecule has 2 aromatic heterocycles. The van der Waals surface area contributed by atoms with Gasteiger partial charge in [0.15, 0.2) is 5.76 Å². The summed E-state index contributed by atoms with van der Waals surface area (Å²) in [5, 5.41) is 2.95. The normalized spacial score (nSPS) is 17.2. The first-order valence-electron chi connectivity index (χ1n) is 8.32. The van der Waals surface area contributed by atoms with E-state index in [-0.39, 0.29) is 12.0 Å². The van der Waals surface area contributed by atoms with E-state index in [2.05, 4.69) is 22.0 Å². The van der Waals surface area contributed by atoms with Crippen molar-refractivity contribution in [1.82, 2.24) is 4.90 Å². The third kappa shape index (κ3) is 3.66. The van der Waals surface area contributed by atoms with Crippen molar-refractivity contribution in [3.63, 3.8) is 0 Å². The molecule has 4 rings (SSSR count). The Hall–Kier alpha value is -1.63. The van der Waals surface area contributed by atoms with Gasteiger partial charge in [-0.25, -0.2) is 0 Å². The van der Waals surface area contributed by atoms with Gasteiger partial charge in [-0.05, 0) is 52.4 Å². The monoisotopic (exact) mass is 419 g/mol. The first-order valence-corrected chi connectivity index (χ1v) is 9.99. The number of carbonyl (C=O) groups is 1. The maximum absolute atomic E-state index is 13.1. The molecule has 1 amide bonds. The van der Waals surface area contributed by atoms with E-state index >= 15 is 0 Å². The topological polar surface area (TPSA) is 42.7 Å². The number of rotatable bonds is 5. The van der Waals surface area contributed by atoms with Crippen LogP contribution in [0, 0.1) is 0 Å². The summed E-state index contributed by atoms with van der Waals surface area (Å²) in [5.74, 6) is 0.281. The van der Waals surface area contributed by atoms with Crippen LogP contribution in [0.25, 0.3) is 11.0 Å². The lowest BCUT2D eigenvalue weighted by Crippen LogP contribution is -2.36. The predicted octanol–water partition coefficient (Wildman–Crippen LogP) is 5.08. The van der Waals surface area contributed by atoms with Crippen molar-refractivity contribution in [1.29, 1.82) is 0 Å². The Bertz CT molecular complexity index is 868. The van der Waals surface area contributed by atoms with Crippen LogP contribution in [0.15, 0.2) is 50.7 Å². The van der Waals surface area contributed by atoms with Crippen LogP contribution in [0.1, 0.15) is 28.3 Å². The van der Waals surface area contributed by atoms with Gasteiger partial charge < -0.3 is 14.1 Å². The molecular formula is C19H18BrNO3S. The second kappa shape index (κ2) is 7.32. The van der Waals surface area contributed by atoms with Crippen LogP contribution in [-0.4, -0.2) is 30.1 Å². The molecule has 1 fully saturated rings. The molecule has 0 bridgehead atoms. The van der Waals surface area contributed by atoms with Gasteiger partial charge in [0.05, 0.1) is 17.1 Å². The number of nitrogens with zero attached hydrogens (tertiary/aromatic N) is 1. The van der Waals surface area contributed by atoms with Gasteiger partial charge in [0.25, 0.3) is 5.91 Å². The number of ether oxygens (including phenoxy) is 1. The SMILES string of the molecule is O=C(c1cc2cccc(Br)c2o1)N(Cc1cccs1)CC1CCCO1. The number of carbonyl (C=O) groups excluding carboxylic acids is 1. The number of para-hydroxylation sites is 1. The molecule has 1 atom stereocenters. The van der Waals surface area contributed by atoms with Crippen LogP contribution in [0.5, 0.6) is 0 Å². The Morgan fingerprint density at radius 1 is 1.32 bits per heavy atom. The minimum atomic E-state index is -0.0907. The molecule has 1 aliphatic rings. The van der Waals surface area contributed by atoms with Gasteiger partial charge in [0.2, 0.25) is 0 Å². The Kier molecular flexibility index (Phi) is 4.92. The van der Waals surface area contributed by atoms with Crippen LogP contribution in [-0.2, 0) is 11.3 Å². The van der Waals surface area contributed by atoms with Gasteiger partial charge in [-0.2, -0.15) is 0 Å². The number of furan rings is 1. The fourth-order valence-corrected chi connectivity index (χ4v) is 4.31. The number of hydrogen-bond acceptors (Lipinski definition) is 4. The third-order valence-electron chi connectivity index (χ3n) is 4.37. The van der Waals surface area contributed by atoms with Crippen LogP contribution in [0.4, 0.5) is 0 Å². The summed E-state index contributed by atoms with van der Waals surface area (Å²) in [7, 11) is 0. The van der Waals surface area contributed by atoms with E-state index in [1.165, 1.54) is 0 Å². The fourth-order valence-electron chi connectivity index (χ4n) is 3.13. The minimum absolute atomic E-state index is 0.0907. The standard InChI is InChI=1S/C19H18BrNO3S/c20-16-7-1-4-13-10-17(24-18(13)16)19(22)21(11-14-5-2-8-23-14)12-15-6-3-9-25-15/h1,3-4,6-7,9-10,14H,2,5,8,11-12H2. The molecule has 0 radical (unpaired) electrons. The van der Waals surface area contributed by atoms with E-state index in [0.29, 0.717) is 24.4 Å². The number of hydrogen-bond donors (Lipinski definition) is 0. The molecule has 0 spiro atoms. The molecule has 25 heavy (non-hydrogen) atoms.